The molecule has 0 fully saturated rings. The molecule has 2 nitrogen and oxygen atoms in total. The number of rotatable bonds is 0. The summed E-state index contributed by atoms with van der Waals surface area (Å²) in [6.45, 7) is 3.49. The van der Waals surface area contributed by atoms with Gasteiger partial charge in [0.1, 0.15) is 0 Å². The summed E-state index contributed by atoms with van der Waals surface area (Å²) in [6.07, 6.45) is 0. The minimum Gasteiger partial charge on any atom is -0.314 e. The van der Waals surface area contributed by atoms with Gasteiger partial charge in [0.15, 0.2) is 0 Å². The fraction of sp³-hybridized carbons (Fsp3) is 1.00. The average molecular weight is 138 g/mol. The van der Waals surface area contributed by atoms with Gasteiger partial charge in [-0.3, -0.25) is 0 Å². The molecule has 0 rings (SSSR count). The van der Waals surface area contributed by atoms with Crippen LogP contribution in [0.1, 0.15) is 43.6 Å². The second kappa shape index (κ2) is 10.8. The molecule has 0 aromatic heterocycles. The van der Waals surface area contributed by atoms with E-state index in [0.29, 0.717) is 0 Å². The van der Waals surface area contributed by atoms with Crippen LogP contribution in [0.15, 0.2) is 0 Å². The molecule has 0 unspecified atom stereocenters. The zero-order chi connectivity index (χ0) is 4.50. The largest absolute Gasteiger partial charge is 0.314 e. The van der Waals surface area contributed by atoms with Gasteiger partial charge in [-0.05, 0) is 13.8 Å². The van der Waals surface area contributed by atoms with E-state index in [1.807, 2.05) is 0 Å². The van der Waals surface area contributed by atoms with Crippen LogP contribution in [0.3, 0.4) is 0 Å². The smallest absolute Gasteiger partial charge is 0.0578 e. The van der Waals surface area contributed by atoms with Crippen LogP contribution in [-0.2, 0) is 0 Å². The van der Waals surface area contributed by atoms with E-state index in [2.05, 4.69) is 0 Å². The summed E-state index contributed by atoms with van der Waals surface area (Å²) in [4.78, 5) is 0. The van der Waals surface area contributed by atoms with Crippen LogP contribution in [0.2, 0.25) is 0 Å². The third-order valence-electron chi connectivity index (χ3n) is 0. The molecule has 0 atom stereocenters. The Kier molecular flexibility index (Phi) is 43.8. The number of hydrogen-bond donors (Lipinski definition) is 2. The van der Waals surface area contributed by atoms with Crippen LogP contribution in [-0.4, -0.2) is 5.66 Å². The monoisotopic (exact) mass is 138 g/mol. The summed E-state index contributed by atoms with van der Waals surface area (Å²) in [5, 5.41) is 0. The Morgan fingerprint density at radius 3 is 0.778 bits per heavy atom. The van der Waals surface area contributed by atoms with Crippen molar-refractivity contribution in [1.82, 2.24) is 0 Å². The molecule has 9 heavy (non-hydrogen) atoms. The maximum absolute atomic E-state index is 5.13. The second-order valence-electron chi connectivity index (χ2n) is 1.82. The fourth-order valence-corrected chi connectivity index (χ4v) is 0. The maximum Gasteiger partial charge on any atom is 0.0578 e. The molecule has 0 amide bonds. The Hall–Kier alpha value is -0.0800. The van der Waals surface area contributed by atoms with Crippen LogP contribution in [0.4, 0.5) is 0 Å². The van der Waals surface area contributed by atoms with Gasteiger partial charge in [0.25, 0.3) is 0 Å². The van der Waals surface area contributed by atoms with E-state index >= 15 is 0 Å². The van der Waals surface area contributed by atoms with Gasteiger partial charge in [0.2, 0.25) is 0 Å². The Balaban J connectivity index is -0.0000000133. The molecule has 0 heterocycles. The first kappa shape index (κ1) is 36.4. The average Bonchev–Trinajstić information content (AvgIpc) is 0.722. The van der Waals surface area contributed by atoms with Gasteiger partial charge in [0, 0.05) is 0 Å². The van der Waals surface area contributed by atoms with Crippen molar-refractivity contribution in [3.8, 4) is 0 Å². The van der Waals surface area contributed by atoms with Crippen molar-refractivity contribution in [2.24, 2.45) is 11.5 Å². The van der Waals surface area contributed by atoms with Crippen molar-refractivity contribution in [1.29, 1.82) is 0 Å². The van der Waals surface area contributed by atoms with E-state index in [0.717, 1.165) is 0 Å². The second-order valence-corrected chi connectivity index (χ2v) is 1.82. The summed E-state index contributed by atoms with van der Waals surface area (Å²) in [5.41, 5.74) is 9.76. The molecule has 0 bridgehead atoms. The van der Waals surface area contributed by atoms with E-state index < -0.39 is 5.66 Å². The molecule has 64 valence electrons. The van der Waals surface area contributed by atoms with Crippen molar-refractivity contribution in [3.05, 3.63) is 0 Å². The lowest BCUT2D eigenvalue weighted by atomic mass is 10.3. The Morgan fingerprint density at radius 2 is 0.778 bits per heavy atom. The highest BCUT2D eigenvalue weighted by molar-refractivity contribution is 4.57. The van der Waals surface area contributed by atoms with Crippen molar-refractivity contribution < 1.29 is 0 Å². The zero-order valence-electron chi connectivity index (χ0n) is 3.65. The third kappa shape index (κ3) is 43400. The highest BCUT2D eigenvalue weighted by Gasteiger charge is 1.95. The Bertz CT molecular complexity index is 22.4. The highest BCUT2D eigenvalue weighted by Crippen LogP contribution is 1.76. The molecule has 0 spiro atoms. The first-order chi connectivity index (χ1) is 2.00. The van der Waals surface area contributed by atoms with Crippen molar-refractivity contribution in [3.63, 3.8) is 0 Å². The summed E-state index contributed by atoms with van der Waals surface area (Å²) in [5.74, 6) is 0. The molecule has 2 heteroatoms. The fourth-order valence-electron chi connectivity index (χ4n) is 0. The first-order valence-electron chi connectivity index (χ1n) is 1.58. The quantitative estimate of drug-likeness (QED) is 0.504. The lowest BCUT2D eigenvalue weighted by molar-refractivity contribution is 0.547. The van der Waals surface area contributed by atoms with E-state index in [4.69, 9.17) is 11.5 Å². The summed E-state index contributed by atoms with van der Waals surface area (Å²) >= 11 is 0. The lowest BCUT2D eigenvalue weighted by Gasteiger charge is -2.07. The van der Waals surface area contributed by atoms with Crippen LogP contribution >= 0.6 is 0 Å². The zero-order valence-corrected chi connectivity index (χ0v) is 3.65. The van der Waals surface area contributed by atoms with Crippen LogP contribution in [0, 0.1) is 0 Å². The minimum absolute atomic E-state index is 0. The van der Waals surface area contributed by atoms with E-state index in [1.54, 1.807) is 13.8 Å². The summed E-state index contributed by atoms with van der Waals surface area (Å²) in [6, 6.07) is 0. The lowest BCUT2D eigenvalue weighted by Crippen LogP contribution is -2.42. The highest BCUT2D eigenvalue weighted by atomic mass is 14.9. The van der Waals surface area contributed by atoms with Crippen molar-refractivity contribution in [2.75, 3.05) is 0 Å². The van der Waals surface area contributed by atoms with Gasteiger partial charge in [0.05, 0.1) is 5.66 Å². The SMILES string of the molecule is C.C.C.C.CC(C)(N)N. The normalized spacial score (nSPS) is 6.67. The van der Waals surface area contributed by atoms with E-state index in [9.17, 15) is 0 Å². The van der Waals surface area contributed by atoms with E-state index in [-0.39, 0.29) is 29.7 Å². The maximum atomic E-state index is 5.13. The topological polar surface area (TPSA) is 52.0 Å². The molecule has 0 saturated heterocycles. The molecule has 0 aromatic carbocycles. The molecular weight excluding hydrogens is 112 g/mol. The minimum atomic E-state index is -0.500. The third-order valence-corrected chi connectivity index (χ3v) is 0. The van der Waals surface area contributed by atoms with Gasteiger partial charge in [-0.2, -0.15) is 0 Å². The van der Waals surface area contributed by atoms with Gasteiger partial charge in [-0.25, -0.2) is 0 Å². The number of hydrogen-bond acceptors (Lipinski definition) is 2. The van der Waals surface area contributed by atoms with Crippen molar-refractivity contribution in [2.45, 2.75) is 49.2 Å². The Morgan fingerprint density at radius 1 is 0.778 bits per heavy atom. The molecule has 4 N–H and O–H groups in total. The van der Waals surface area contributed by atoms with E-state index in [1.165, 1.54) is 0 Å². The molecule has 0 saturated carbocycles. The molecule has 0 radical (unpaired) electrons. The predicted molar refractivity (Wildman–Crippen MR) is 49.4 cm³/mol. The van der Waals surface area contributed by atoms with Gasteiger partial charge >= 0.3 is 0 Å². The molecule has 0 aliphatic rings. The van der Waals surface area contributed by atoms with Gasteiger partial charge in [-0.15, -0.1) is 0 Å². The molecule has 0 aliphatic carbocycles. The Labute approximate surface area is 61.6 Å². The van der Waals surface area contributed by atoms with Gasteiger partial charge in [-0.1, -0.05) is 29.7 Å². The van der Waals surface area contributed by atoms with Crippen LogP contribution < -0.4 is 11.5 Å². The van der Waals surface area contributed by atoms with Crippen LogP contribution in [0.5, 0.6) is 0 Å². The molecule has 0 aromatic rings. The molecule has 0 aliphatic heterocycles. The van der Waals surface area contributed by atoms with Crippen LogP contribution in [0.25, 0.3) is 0 Å². The van der Waals surface area contributed by atoms with Gasteiger partial charge < -0.3 is 11.5 Å². The molecular formula is C7H26N2. The summed E-state index contributed by atoms with van der Waals surface area (Å²) in [7, 11) is 0. The number of nitrogens with two attached hydrogens (primary N) is 2. The first-order valence-corrected chi connectivity index (χ1v) is 1.58. The summed E-state index contributed by atoms with van der Waals surface area (Å²) < 4.78 is 0. The predicted octanol–water partition coefficient (Wildman–Crippen LogP) is 2.18. The van der Waals surface area contributed by atoms with Crippen molar-refractivity contribution >= 4 is 0 Å². The standard InChI is InChI=1S/C3H10N2.4CH4/c1-3(2,4)5;;;;/h4-5H2,1-2H3;4*1H4.